The average Bonchev–Trinajstić information content (AvgIpc) is 2.74. The normalized spacial score (nSPS) is 10.1. The van der Waals surface area contributed by atoms with E-state index in [1.165, 1.54) is 4.57 Å². The number of H-pyrrole nitrogens is 1. The number of nitrogens with one attached hydrogen (secondary N) is 1. The molecule has 0 atom stereocenters. The number of methoxy groups -OCH3 is 2. The maximum absolute atomic E-state index is 11.4. The van der Waals surface area contributed by atoms with Gasteiger partial charge in [0.05, 0.1) is 19.9 Å². The van der Waals surface area contributed by atoms with E-state index in [9.17, 15) is 4.79 Å². The molecule has 2 aromatic rings. The molecule has 0 aliphatic rings. The zero-order chi connectivity index (χ0) is 11.5. The summed E-state index contributed by atoms with van der Waals surface area (Å²) >= 11 is 0. The molecule has 0 aliphatic carbocycles. The van der Waals surface area contributed by atoms with Gasteiger partial charge in [-0.1, -0.05) is 0 Å². The largest absolute Gasteiger partial charge is 0.497 e. The summed E-state index contributed by atoms with van der Waals surface area (Å²) in [6, 6.07) is 5.27. The van der Waals surface area contributed by atoms with Crippen LogP contribution in [0.15, 0.2) is 35.4 Å². The molecule has 1 N–H and O–H groups in total. The van der Waals surface area contributed by atoms with Gasteiger partial charge in [0.1, 0.15) is 11.5 Å². The van der Waals surface area contributed by atoms with Gasteiger partial charge in [0, 0.05) is 30.6 Å². The number of rotatable bonds is 3. The summed E-state index contributed by atoms with van der Waals surface area (Å²) in [5, 5.41) is 0. The number of benzene rings is 1. The van der Waals surface area contributed by atoms with Gasteiger partial charge < -0.3 is 14.5 Å². The second kappa shape index (κ2) is 4.14. The van der Waals surface area contributed by atoms with E-state index in [2.05, 4.69) is 4.98 Å². The molecule has 0 fully saturated rings. The predicted octanol–water partition coefficient (Wildman–Crippen LogP) is 1.18. The fourth-order valence-electron chi connectivity index (χ4n) is 1.46. The van der Waals surface area contributed by atoms with Crippen LogP contribution in [0, 0.1) is 0 Å². The summed E-state index contributed by atoms with van der Waals surface area (Å²) in [4.78, 5) is 14.0. The van der Waals surface area contributed by atoms with Crippen LogP contribution in [0.2, 0.25) is 0 Å². The summed E-state index contributed by atoms with van der Waals surface area (Å²) in [6.45, 7) is 0. The van der Waals surface area contributed by atoms with Crippen molar-refractivity contribution >= 4 is 0 Å². The summed E-state index contributed by atoms with van der Waals surface area (Å²) in [5.41, 5.74) is 0.498. The monoisotopic (exact) mass is 220 g/mol. The zero-order valence-electron chi connectivity index (χ0n) is 9.06. The molecule has 0 radical (unpaired) electrons. The summed E-state index contributed by atoms with van der Waals surface area (Å²) in [6.07, 6.45) is 3.23. The van der Waals surface area contributed by atoms with Crippen LogP contribution < -0.4 is 15.2 Å². The maximum Gasteiger partial charge on any atom is 0.330 e. The van der Waals surface area contributed by atoms with E-state index in [1.54, 1.807) is 44.8 Å². The average molecular weight is 220 g/mol. The Balaban J connectivity index is 2.56. The van der Waals surface area contributed by atoms with E-state index in [0.717, 1.165) is 0 Å². The molecule has 1 aromatic heterocycles. The van der Waals surface area contributed by atoms with E-state index >= 15 is 0 Å². The van der Waals surface area contributed by atoms with Crippen molar-refractivity contribution < 1.29 is 9.47 Å². The third kappa shape index (κ3) is 1.79. The van der Waals surface area contributed by atoms with Crippen molar-refractivity contribution in [2.45, 2.75) is 0 Å². The maximum atomic E-state index is 11.4. The first kappa shape index (κ1) is 10.4. The first-order valence-corrected chi connectivity index (χ1v) is 4.74. The van der Waals surface area contributed by atoms with E-state index in [0.29, 0.717) is 17.2 Å². The number of imidazole rings is 1. The predicted molar refractivity (Wildman–Crippen MR) is 59.5 cm³/mol. The van der Waals surface area contributed by atoms with E-state index in [4.69, 9.17) is 9.47 Å². The highest BCUT2D eigenvalue weighted by atomic mass is 16.5. The minimum absolute atomic E-state index is 0.199. The third-order valence-corrected chi connectivity index (χ3v) is 2.26. The van der Waals surface area contributed by atoms with Gasteiger partial charge in [0.25, 0.3) is 0 Å². The molecule has 0 amide bonds. The van der Waals surface area contributed by atoms with Gasteiger partial charge in [-0.05, 0) is 0 Å². The lowest BCUT2D eigenvalue weighted by Crippen LogP contribution is -2.14. The quantitative estimate of drug-likeness (QED) is 0.845. The van der Waals surface area contributed by atoms with Crippen LogP contribution in [-0.4, -0.2) is 23.8 Å². The van der Waals surface area contributed by atoms with Crippen LogP contribution in [0.5, 0.6) is 11.5 Å². The molecule has 0 spiro atoms. The van der Waals surface area contributed by atoms with Crippen molar-refractivity contribution in [3.63, 3.8) is 0 Å². The number of aromatic amines is 1. The Morgan fingerprint density at radius 2 is 1.75 bits per heavy atom. The minimum atomic E-state index is -0.199. The van der Waals surface area contributed by atoms with Crippen LogP contribution in [-0.2, 0) is 0 Å². The fraction of sp³-hybridized carbons (Fsp3) is 0.182. The molecule has 84 valence electrons. The standard InChI is InChI=1S/C11H12N2O3/c1-15-9-5-8(6-10(7-9)16-2)13-4-3-12-11(13)14/h3-7H,1-2H3,(H,12,14). The van der Waals surface area contributed by atoms with E-state index in [1.807, 2.05) is 0 Å². The number of hydrogen-bond acceptors (Lipinski definition) is 3. The molecule has 0 unspecified atom stereocenters. The highest BCUT2D eigenvalue weighted by Gasteiger charge is 2.05. The summed E-state index contributed by atoms with van der Waals surface area (Å²) in [7, 11) is 3.14. The molecule has 0 saturated carbocycles. The molecule has 1 aromatic carbocycles. The minimum Gasteiger partial charge on any atom is -0.497 e. The van der Waals surface area contributed by atoms with Crippen LogP contribution in [0.25, 0.3) is 5.69 Å². The molecular weight excluding hydrogens is 208 g/mol. The van der Waals surface area contributed by atoms with Crippen molar-refractivity contribution in [1.29, 1.82) is 0 Å². The van der Waals surface area contributed by atoms with Gasteiger partial charge in [-0.25, -0.2) is 4.79 Å². The van der Waals surface area contributed by atoms with Gasteiger partial charge in [0.15, 0.2) is 0 Å². The van der Waals surface area contributed by atoms with Gasteiger partial charge in [-0.2, -0.15) is 0 Å². The zero-order valence-corrected chi connectivity index (χ0v) is 9.06. The second-order valence-corrected chi connectivity index (χ2v) is 3.21. The van der Waals surface area contributed by atoms with Gasteiger partial charge in [0.2, 0.25) is 0 Å². The SMILES string of the molecule is COc1cc(OC)cc(-n2cc[nH]c2=O)c1. The summed E-state index contributed by atoms with van der Waals surface area (Å²) < 4.78 is 11.7. The topological polar surface area (TPSA) is 56.2 Å². The Hall–Kier alpha value is -2.17. The molecule has 5 nitrogen and oxygen atoms in total. The third-order valence-electron chi connectivity index (χ3n) is 2.26. The Morgan fingerprint density at radius 1 is 1.12 bits per heavy atom. The lowest BCUT2D eigenvalue weighted by molar-refractivity contribution is 0.394. The lowest BCUT2D eigenvalue weighted by Gasteiger charge is -2.08. The number of ether oxygens (including phenoxy) is 2. The molecule has 0 bridgehead atoms. The Kier molecular flexibility index (Phi) is 2.68. The molecule has 1 heterocycles. The van der Waals surface area contributed by atoms with Crippen LogP contribution in [0.3, 0.4) is 0 Å². The molecule has 16 heavy (non-hydrogen) atoms. The highest BCUT2D eigenvalue weighted by Crippen LogP contribution is 2.23. The molecule has 0 saturated heterocycles. The van der Waals surface area contributed by atoms with Crippen molar-refractivity contribution in [2.75, 3.05) is 14.2 Å². The first-order valence-electron chi connectivity index (χ1n) is 4.74. The Morgan fingerprint density at radius 3 is 2.19 bits per heavy atom. The number of hydrogen-bond donors (Lipinski definition) is 1. The Bertz CT molecular complexity index is 520. The fourth-order valence-corrected chi connectivity index (χ4v) is 1.46. The van der Waals surface area contributed by atoms with Crippen molar-refractivity contribution in [1.82, 2.24) is 9.55 Å². The lowest BCUT2D eigenvalue weighted by atomic mass is 10.2. The van der Waals surface area contributed by atoms with Crippen LogP contribution >= 0.6 is 0 Å². The number of nitrogens with zero attached hydrogens (tertiary/aromatic N) is 1. The van der Waals surface area contributed by atoms with E-state index < -0.39 is 0 Å². The molecule has 0 aliphatic heterocycles. The van der Waals surface area contributed by atoms with Gasteiger partial charge in [-0.15, -0.1) is 0 Å². The second-order valence-electron chi connectivity index (χ2n) is 3.21. The first-order chi connectivity index (χ1) is 7.74. The van der Waals surface area contributed by atoms with Gasteiger partial charge >= 0.3 is 5.69 Å². The van der Waals surface area contributed by atoms with Crippen molar-refractivity contribution in [2.24, 2.45) is 0 Å². The van der Waals surface area contributed by atoms with Crippen molar-refractivity contribution in [3.8, 4) is 17.2 Å². The Labute approximate surface area is 92.2 Å². The molecular formula is C11H12N2O3. The smallest absolute Gasteiger partial charge is 0.330 e. The van der Waals surface area contributed by atoms with Gasteiger partial charge in [-0.3, -0.25) is 4.57 Å². The summed E-state index contributed by atoms with van der Waals surface area (Å²) in [5.74, 6) is 1.28. The van der Waals surface area contributed by atoms with Crippen LogP contribution in [0.4, 0.5) is 0 Å². The molecule has 2 rings (SSSR count). The molecule has 5 heteroatoms. The van der Waals surface area contributed by atoms with E-state index in [-0.39, 0.29) is 5.69 Å². The van der Waals surface area contributed by atoms with Crippen molar-refractivity contribution in [3.05, 3.63) is 41.1 Å². The van der Waals surface area contributed by atoms with Crippen LogP contribution in [0.1, 0.15) is 0 Å². The number of aromatic nitrogens is 2. The highest BCUT2D eigenvalue weighted by molar-refractivity contribution is 5.46.